The van der Waals surface area contributed by atoms with E-state index in [9.17, 15) is 0 Å². The standard InChI is InChI=1S/C13H18BrNS/c1-2-15-13-9-16-8-11(13)6-10-4-3-5-12(14)7-10/h3-5,7,11,13,15H,2,6,8-9H2,1H3. The summed E-state index contributed by atoms with van der Waals surface area (Å²) in [5.74, 6) is 3.36. The van der Waals surface area contributed by atoms with Crippen LogP contribution in [-0.2, 0) is 6.42 Å². The van der Waals surface area contributed by atoms with Crippen molar-refractivity contribution in [1.82, 2.24) is 5.32 Å². The average molecular weight is 300 g/mol. The molecule has 0 amide bonds. The van der Waals surface area contributed by atoms with Crippen molar-refractivity contribution in [1.29, 1.82) is 0 Å². The molecule has 0 bridgehead atoms. The van der Waals surface area contributed by atoms with E-state index in [-0.39, 0.29) is 0 Å². The SMILES string of the molecule is CCNC1CSCC1Cc1cccc(Br)c1. The van der Waals surface area contributed by atoms with E-state index in [1.165, 1.54) is 28.0 Å². The molecule has 1 aliphatic rings. The minimum absolute atomic E-state index is 0.703. The molecule has 1 saturated heterocycles. The second-order valence-corrected chi connectivity index (χ2v) is 6.29. The van der Waals surface area contributed by atoms with Crippen molar-refractivity contribution < 1.29 is 0 Å². The van der Waals surface area contributed by atoms with Crippen LogP contribution in [0.15, 0.2) is 28.7 Å². The first-order chi connectivity index (χ1) is 7.79. The van der Waals surface area contributed by atoms with Crippen LogP contribution in [0.25, 0.3) is 0 Å². The van der Waals surface area contributed by atoms with Crippen LogP contribution in [0.1, 0.15) is 12.5 Å². The molecule has 2 atom stereocenters. The number of rotatable bonds is 4. The molecule has 3 heteroatoms. The van der Waals surface area contributed by atoms with Crippen LogP contribution in [-0.4, -0.2) is 24.1 Å². The molecule has 0 aromatic heterocycles. The van der Waals surface area contributed by atoms with Gasteiger partial charge in [-0.2, -0.15) is 11.8 Å². The number of nitrogens with one attached hydrogen (secondary N) is 1. The third-order valence-corrected chi connectivity index (χ3v) is 4.80. The lowest BCUT2D eigenvalue weighted by molar-refractivity contribution is 0.434. The molecule has 1 nitrogen and oxygen atoms in total. The summed E-state index contributed by atoms with van der Waals surface area (Å²) in [7, 11) is 0. The largest absolute Gasteiger partial charge is 0.313 e. The lowest BCUT2D eigenvalue weighted by Crippen LogP contribution is -2.36. The van der Waals surface area contributed by atoms with Gasteiger partial charge in [0.25, 0.3) is 0 Å². The van der Waals surface area contributed by atoms with E-state index in [4.69, 9.17) is 0 Å². The first kappa shape index (κ1) is 12.5. The van der Waals surface area contributed by atoms with Crippen molar-refractivity contribution in [2.24, 2.45) is 5.92 Å². The quantitative estimate of drug-likeness (QED) is 0.915. The Labute approximate surface area is 111 Å². The lowest BCUT2D eigenvalue weighted by Gasteiger charge is -2.19. The van der Waals surface area contributed by atoms with E-state index in [1.54, 1.807) is 0 Å². The highest BCUT2D eigenvalue weighted by atomic mass is 79.9. The summed E-state index contributed by atoms with van der Waals surface area (Å²) in [5, 5.41) is 3.60. The Balaban J connectivity index is 1.98. The molecule has 1 aromatic carbocycles. The van der Waals surface area contributed by atoms with Gasteiger partial charge in [0.15, 0.2) is 0 Å². The number of thioether (sulfide) groups is 1. The van der Waals surface area contributed by atoms with E-state index in [0.29, 0.717) is 6.04 Å². The molecular weight excluding hydrogens is 282 g/mol. The summed E-state index contributed by atoms with van der Waals surface area (Å²) < 4.78 is 1.19. The molecule has 0 aliphatic carbocycles. The van der Waals surface area contributed by atoms with Crippen molar-refractivity contribution in [3.8, 4) is 0 Å². The predicted octanol–water partition coefficient (Wildman–Crippen LogP) is 3.33. The van der Waals surface area contributed by atoms with Crippen LogP contribution in [0.2, 0.25) is 0 Å². The Morgan fingerprint density at radius 2 is 2.31 bits per heavy atom. The van der Waals surface area contributed by atoms with Crippen LogP contribution in [0.3, 0.4) is 0 Å². The number of halogens is 1. The highest BCUT2D eigenvalue weighted by Crippen LogP contribution is 2.28. The molecule has 88 valence electrons. The molecule has 0 radical (unpaired) electrons. The molecule has 1 aromatic rings. The Kier molecular flexibility index (Phi) is 4.74. The van der Waals surface area contributed by atoms with Crippen LogP contribution in [0.5, 0.6) is 0 Å². The maximum absolute atomic E-state index is 3.60. The fourth-order valence-electron chi connectivity index (χ4n) is 2.25. The average Bonchev–Trinajstić information content (AvgIpc) is 2.66. The molecule has 1 aliphatic heterocycles. The van der Waals surface area contributed by atoms with Gasteiger partial charge >= 0.3 is 0 Å². The topological polar surface area (TPSA) is 12.0 Å². The summed E-state index contributed by atoms with van der Waals surface area (Å²) in [6.07, 6.45) is 1.20. The van der Waals surface area contributed by atoms with E-state index in [0.717, 1.165) is 12.5 Å². The maximum atomic E-state index is 3.60. The van der Waals surface area contributed by atoms with Crippen LogP contribution in [0, 0.1) is 5.92 Å². The van der Waals surface area contributed by atoms with Gasteiger partial charge < -0.3 is 5.32 Å². The molecule has 2 unspecified atom stereocenters. The summed E-state index contributed by atoms with van der Waals surface area (Å²) >= 11 is 5.62. The maximum Gasteiger partial charge on any atom is 0.0197 e. The van der Waals surface area contributed by atoms with Crippen LogP contribution >= 0.6 is 27.7 Å². The monoisotopic (exact) mass is 299 g/mol. The Morgan fingerprint density at radius 3 is 3.06 bits per heavy atom. The van der Waals surface area contributed by atoms with Crippen molar-refractivity contribution in [3.63, 3.8) is 0 Å². The van der Waals surface area contributed by atoms with Crippen LogP contribution in [0.4, 0.5) is 0 Å². The molecule has 16 heavy (non-hydrogen) atoms. The Bertz CT molecular complexity index is 342. The number of benzene rings is 1. The van der Waals surface area contributed by atoms with Crippen molar-refractivity contribution in [2.75, 3.05) is 18.1 Å². The second-order valence-electron chi connectivity index (χ2n) is 4.30. The van der Waals surface area contributed by atoms with Gasteiger partial charge in [-0.25, -0.2) is 0 Å². The van der Waals surface area contributed by atoms with Gasteiger partial charge in [-0.05, 0) is 42.3 Å². The zero-order valence-electron chi connectivity index (χ0n) is 9.58. The minimum atomic E-state index is 0.703. The zero-order chi connectivity index (χ0) is 11.4. The smallest absolute Gasteiger partial charge is 0.0197 e. The first-order valence-electron chi connectivity index (χ1n) is 5.85. The third kappa shape index (κ3) is 3.25. The molecule has 0 saturated carbocycles. The molecule has 1 heterocycles. The predicted molar refractivity (Wildman–Crippen MR) is 76.1 cm³/mol. The van der Waals surface area contributed by atoms with Crippen molar-refractivity contribution in [3.05, 3.63) is 34.3 Å². The van der Waals surface area contributed by atoms with Crippen LogP contribution < -0.4 is 5.32 Å². The minimum Gasteiger partial charge on any atom is -0.313 e. The van der Waals surface area contributed by atoms with E-state index in [2.05, 4.69) is 64.2 Å². The normalized spacial score (nSPS) is 24.9. The second kappa shape index (κ2) is 6.08. The number of hydrogen-bond acceptors (Lipinski definition) is 2. The van der Waals surface area contributed by atoms with E-state index < -0.39 is 0 Å². The Morgan fingerprint density at radius 1 is 1.44 bits per heavy atom. The van der Waals surface area contributed by atoms with Gasteiger partial charge in [0, 0.05) is 16.3 Å². The highest BCUT2D eigenvalue weighted by Gasteiger charge is 2.26. The highest BCUT2D eigenvalue weighted by molar-refractivity contribution is 9.10. The number of hydrogen-bond donors (Lipinski definition) is 1. The molecular formula is C13H18BrNS. The van der Waals surface area contributed by atoms with Crippen molar-refractivity contribution in [2.45, 2.75) is 19.4 Å². The van der Waals surface area contributed by atoms with Gasteiger partial charge in [0.05, 0.1) is 0 Å². The van der Waals surface area contributed by atoms with E-state index >= 15 is 0 Å². The summed E-state index contributed by atoms with van der Waals surface area (Å²) in [5.41, 5.74) is 1.45. The van der Waals surface area contributed by atoms with Crippen molar-refractivity contribution >= 4 is 27.7 Å². The fourth-order valence-corrected chi connectivity index (χ4v) is 4.13. The molecule has 2 rings (SSSR count). The summed E-state index contributed by atoms with van der Waals surface area (Å²) in [6, 6.07) is 9.40. The van der Waals surface area contributed by atoms with Gasteiger partial charge in [0.1, 0.15) is 0 Å². The lowest BCUT2D eigenvalue weighted by atomic mass is 9.95. The fraction of sp³-hybridized carbons (Fsp3) is 0.538. The zero-order valence-corrected chi connectivity index (χ0v) is 12.0. The van der Waals surface area contributed by atoms with Gasteiger partial charge in [0.2, 0.25) is 0 Å². The third-order valence-electron chi connectivity index (χ3n) is 3.05. The van der Waals surface area contributed by atoms with Gasteiger partial charge in [-0.1, -0.05) is 35.0 Å². The van der Waals surface area contributed by atoms with E-state index in [1.807, 2.05) is 0 Å². The van der Waals surface area contributed by atoms with Gasteiger partial charge in [-0.15, -0.1) is 0 Å². The molecule has 1 fully saturated rings. The summed E-state index contributed by atoms with van der Waals surface area (Å²) in [6.45, 7) is 3.28. The molecule has 1 N–H and O–H groups in total. The first-order valence-corrected chi connectivity index (χ1v) is 7.80. The van der Waals surface area contributed by atoms with Gasteiger partial charge in [-0.3, -0.25) is 0 Å². The summed E-state index contributed by atoms with van der Waals surface area (Å²) in [4.78, 5) is 0. The molecule has 0 spiro atoms. The Hall–Kier alpha value is 0.01000.